The van der Waals surface area contributed by atoms with E-state index in [0.717, 1.165) is 21.8 Å². The number of anilines is 1. The summed E-state index contributed by atoms with van der Waals surface area (Å²) >= 11 is 5.94. The van der Waals surface area contributed by atoms with Crippen LogP contribution in [0.3, 0.4) is 0 Å². The van der Waals surface area contributed by atoms with Gasteiger partial charge in [-0.2, -0.15) is 17.9 Å². The van der Waals surface area contributed by atoms with Gasteiger partial charge in [-0.05, 0) is 54.4 Å². The van der Waals surface area contributed by atoms with Crippen LogP contribution < -0.4 is 4.72 Å². The SMILES string of the molecule is Cc1ccc(C2CC(c3cccc(NS(C)(=O)=O)c3)=NN2S(=O)(=O)c2ccc(Cl)cc2)cc1. The zero-order valence-electron chi connectivity index (χ0n) is 17.9. The fourth-order valence-corrected chi connectivity index (χ4v) is 5.73. The topological polar surface area (TPSA) is 95.9 Å². The highest BCUT2D eigenvalue weighted by Crippen LogP contribution is 2.37. The van der Waals surface area contributed by atoms with Crippen molar-refractivity contribution in [3.63, 3.8) is 0 Å². The second-order valence-electron chi connectivity index (χ2n) is 7.86. The number of halogens is 1. The summed E-state index contributed by atoms with van der Waals surface area (Å²) in [6.45, 7) is 1.96. The fourth-order valence-electron chi connectivity index (χ4n) is 3.61. The molecule has 0 amide bonds. The van der Waals surface area contributed by atoms with E-state index >= 15 is 0 Å². The molecule has 0 aliphatic carbocycles. The Morgan fingerprint density at radius 3 is 2.27 bits per heavy atom. The molecule has 1 aliphatic heterocycles. The van der Waals surface area contributed by atoms with Gasteiger partial charge in [0.05, 0.1) is 22.9 Å². The summed E-state index contributed by atoms with van der Waals surface area (Å²) in [5, 5.41) is 4.93. The molecule has 3 aromatic carbocycles. The molecule has 0 bridgehead atoms. The number of hydrazone groups is 1. The first-order chi connectivity index (χ1) is 15.5. The Labute approximate surface area is 198 Å². The van der Waals surface area contributed by atoms with E-state index in [1.165, 1.54) is 24.3 Å². The minimum atomic E-state index is -3.97. The van der Waals surface area contributed by atoms with Crippen LogP contribution in [0.4, 0.5) is 5.69 Å². The standard InChI is InChI=1S/C23H22ClN3O4S2/c1-16-6-8-17(9-7-16)23-15-22(18-4-3-5-20(14-18)26-32(2,28)29)25-27(23)33(30,31)21-12-10-19(24)11-13-21/h3-14,23,26H,15H2,1-2H3. The molecule has 33 heavy (non-hydrogen) atoms. The lowest BCUT2D eigenvalue weighted by Gasteiger charge is -2.23. The van der Waals surface area contributed by atoms with E-state index in [1.54, 1.807) is 24.3 Å². The van der Waals surface area contributed by atoms with Gasteiger partial charge in [0.2, 0.25) is 10.0 Å². The predicted octanol–water partition coefficient (Wildman–Crippen LogP) is 4.56. The lowest BCUT2D eigenvalue weighted by Crippen LogP contribution is -2.27. The number of sulfonamides is 2. The van der Waals surface area contributed by atoms with Crippen LogP contribution in [-0.4, -0.2) is 33.2 Å². The first kappa shape index (κ1) is 23.3. The highest BCUT2D eigenvalue weighted by molar-refractivity contribution is 7.92. The summed E-state index contributed by atoms with van der Waals surface area (Å²) in [6, 6.07) is 19.8. The normalized spacial score (nSPS) is 16.5. The van der Waals surface area contributed by atoms with Crippen LogP contribution in [0.1, 0.15) is 29.2 Å². The average Bonchev–Trinajstić information content (AvgIpc) is 3.20. The summed E-state index contributed by atoms with van der Waals surface area (Å²) in [6.07, 6.45) is 1.40. The number of benzene rings is 3. The monoisotopic (exact) mass is 503 g/mol. The number of nitrogens with one attached hydrogen (secondary N) is 1. The van der Waals surface area contributed by atoms with Gasteiger partial charge in [-0.3, -0.25) is 4.72 Å². The van der Waals surface area contributed by atoms with Gasteiger partial charge in [0, 0.05) is 17.1 Å². The van der Waals surface area contributed by atoms with Crippen molar-refractivity contribution < 1.29 is 16.8 Å². The lowest BCUT2D eigenvalue weighted by molar-refractivity contribution is 0.371. The summed E-state index contributed by atoms with van der Waals surface area (Å²) in [7, 11) is -7.42. The van der Waals surface area contributed by atoms with Crippen LogP contribution in [0.25, 0.3) is 0 Å². The highest BCUT2D eigenvalue weighted by Gasteiger charge is 2.37. The van der Waals surface area contributed by atoms with Crippen LogP contribution in [0.2, 0.25) is 5.02 Å². The van der Waals surface area contributed by atoms with Gasteiger partial charge in [0.25, 0.3) is 10.0 Å². The van der Waals surface area contributed by atoms with Crippen LogP contribution >= 0.6 is 11.6 Å². The van der Waals surface area contributed by atoms with Crippen molar-refractivity contribution >= 4 is 43.0 Å². The average molecular weight is 504 g/mol. The van der Waals surface area contributed by atoms with Crippen LogP contribution in [0.15, 0.2) is 82.8 Å². The summed E-state index contributed by atoms with van der Waals surface area (Å²) in [4.78, 5) is 0.0847. The van der Waals surface area contributed by atoms with E-state index in [4.69, 9.17) is 11.6 Å². The van der Waals surface area contributed by atoms with Crippen molar-refractivity contribution in [2.45, 2.75) is 24.3 Å². The van der Waals surface area contributed by atoms with Crippen molar-refractivity contribution in [2.24, 2.45) is 5.10 Å². The Bertz CT molecular complexity index is 1420. The maximum atomic E-state index is 13.5. The maximum absolute atomic E-state index is 13.5. The Hall–Kier alpha value is -2.88. The maximum Gasteiger partial charge on any atom is 0.279 e. The van der Waals surface area contributed by atoms with Crippen molar-refractivity contribution in [1.82, 2.24) is 4.41 Å². The highest BCUT2D eigenvalue weighted by atomic mass is 35.5. The molecular formula is C23H22ClN3O4S2. The molecule has 7 nitrogen and oxygen atoms in total. The Morgan fingerprint density at radius 2 is 1.64 bits per heavy atom. The van der Waals surface area contributed by atoms with Crippen molar-refractivity contribution in [3.8, 4) is 0 Å². The molecule has 0 saturated carbocycles. The van der Waals surface area contributed by atoms with E-state index < -0.39 is 26.1 Å². The molecule has 0 radical (unpaired) electrons. The predicted molar refractivity (Wildman–Crippen MR) is 130 cm³/mol. The van der Waals surface area contributed by atoms with E-state index in [2.05, 4.69) is 9.82 Å². The molecule has 172 valence electrons. The van der Waals surface area contributed by atoms with E-state index in [1.807, 2.05) is 31.2 Å². The molecule has 3 aromatic rings. The quantitative estimate of drug-likeness (QED) is 0.533. The van der Waals surface area contributed by atoms with Crippen LogP contribution in [-0.2, 0) is 20.0 Å². The molecule has 0 fully saturated rings. The Kier molecular flexibility index (Phi) is 6.22. The molecule has 1 atom stereocenters. The molecule has 1 aliphatic rings. The van der Waals surface area contributed by atoms with Gasteiger partial charge in [-0.15, -0.1) is 0 Å². The number of hydrogen-bond acceptors (Lipinski definition) is 5. The first-order valence-electron chi connectivity index (χ1n) is 10.1. The molecular weight excluding hydrogens is 482 g/mol. The molecule has 0 spiro atoms. The number of nitrogens with zero attached hydrogens (tertiary/aromatic N) is 2. The molecule has 0 saturated heterocycles. The van der Waals surface area contributed by atoms with E-state index in [9.17, 15) is 16.8 Å². The summed E-state index contributed by atoms with van der Waals surface area (Å²) < 4.78 is 53.8. The zero-order valence-corrected chi connectivity index (χ0v) is 20.3. The Balaban J connectivity index is 1.78. The van der Waals surface area contributed by atoms with Crippen LogP contribution in [0.5, 0.6) is 0 Å². The van der Waals surface area contributed by atoms with Gasteiger partial charge < -0.3 is 0 Å². The minimum absolute atomic E-state index is 0.0847. The number of aryl methyl sites for hydroxylation is 1. The minimum Gasteiger partial charge on any atom is -0.284 e. The lowest BCUT2D eigenvalue weighted by atomic mass is 9.98. The molecule has 4 rings (SSSR count). The second kappa shape index (κ2) is 8.81. The van der Waals surface area contributed by atoms with Gasteiger partial charge in [-0.1, -0.05) is 53.6 Å². The molecule has 1 heterocycles. The third kappa shape index (κ3) is 5.21. The van der Waals surface area contributed by atoms with Gasteiger partial charge in [0.15, 0.2) is 0 Å². The van der Waals surface area contributed by atoms with Gasteiger partial charge in [0.1, 0.15) is 0 Å². The molecule has 0 aromatic heterocycles. The van der Waals surface area contributed by atoms with E-state index in [0.29, 0.717) is 28.4 Å². The number of rotatable bonds is 6. The smallest absolute Gasteiger partial charge is 0.279 e. The summed E-state index contributed by atoms with van der Waals surface area (Å²) in [5.41, 5.74) is 3.42. The summed E-state index contributed by atoms with van der Waals surface area (Å²) in [5.74, 6) is 0. The molecule has 1 unspecified atom stereocenters. The van der Waals surface area contributed by atoms with Gasteiger partial charge in [-0.25, -0.2) is 8.42 Å². The van der Waals surface area contributed by atoms with Gasteiger partial charge >= 0.3 is 0 Å². The second-order valence-corrected chi connectivity index (χ2v) is 11.8. The van der Waals surface area contributed by atoms with Crippen LogP contribution in [0, 0.1) is 6.92 Å². The van der Waals surface area contributed by atoms with Crippen molar-refractivity contribution in [3.05, 3.63) is 94.5 Å². The number of hydrogen-bond donors (Lipinski definition) is 1. The third-order valence-corrected chi connectivity index (χ3v) is 7.75. The van der Waals surface area contributed by atoms with Crippen molar-refractivity contribution in [2.75, 3.05) is 11.0 Å². The third-order valence-electron chi connectivity index (χ3n) is 5.19. The van der Waals surface area contributed by atoms with E-state index in [-0.39, 0.29) is 4.90 Å². The molecule has 10 heteroatoms. The fraction of sp³-hybridized carbons (Fsp3) is 0.174. The molecule has 1 N–H and O–H groups in total. The largest absolute Gasteiger partial charge is 0.284 e. The Morgan fingerprint density at radius 1 is 0.970 bits per heavy atom. The zero-order chi connectivity index (χ0) is 23.8. The van der Waals surface area contributed by atoms with Crippen molar-refractivity contribution in [1.29, 1.82) is 0 Å². The first-order valence-corrected chi connectivity index (χ1v) is 13.8.